The van der Waals surface area contributed by atoms with Crippen LogP contribution < -0.4 is 0 Å². The summed E-state index contributed by atoms with van der Waals surface area (Å²) < 4.78 is 0. The van der Waals surface area contributed by atoms with Crippen LogP contribution in [0.2, 0.25) is 0 Å². The van der Waals surface area contributed by atoms with Crippen LogP contribution in [0, 0.1) is 0 Å². The summed E-state index contributed by atoms with van der Waals surface area (Å²) in [7, 11) is 0. The molecule has 1 rings (SSSR count). The Labute approximate surface area is 124 Å². The Bertz CT molecular complexity index is 525. The molecule has 5 nitrogen and oxygen atoms in total. The number of hydrogen-bond acceptors (Lipinski definition) is 5. The summed E-state index contributed by atoms with van der Waals surface area (Å²) in [4.78, 5) is 33.2. The fourth-order valence-electron chi connectivity index (χ4n) is 1.23. The van der Waals surface area contributed by atoms with Crippen molar-refractivity contribution in [2.75, 3.05) is 11.5 Å². The lowest BCUT2D eigenvalue weighted by Crippen LogP contribution is -2.02. The van der Waals surface area contributed by atoms with E-state index < -0.39 is 17.1 Å². The average molecular weight is 312 g/mol. The van der Waals surface area contributed by atoms with Gasteiger partial charge in [-0.15, -0.1) is 11.8 Å². The molecule has 0 atom stereocenters. The zero-order chi connectivity index (χ0) is 15.0. The van der Waals surface area contributed by atoms with E-state index in [-0.39, 0.29) is 11.5 Å². The molecule has 0 spiro atoms. The van der Waals surface area contributed by atoms with Gasteiger partial charge in [0.15, 0.2) is 0 Å². The lowest BCUT2D eigenvalue weighted by Gasteiger charge is -2.05. The Balaban J connectivity index is 2.84. The fourth-order valence-corrected chi connectivity index (χ4v) is 2.55. The summed E-state index contributed by atoms with van der Waals surface area (Å²) in [6.45, 7) is 0. The van der Waals surface area contributed by atoms with Gasteiger partial charge in [0.1, 0.15) is 0 Å². The van der Waals surface area contributed by atoms with Gasteiger partial charge in [0, 0.05) is 11.0 Å². The molecule has 1 aromatic rings. The quantitative estimate of drug-likeness (QED) is 0.746. The summed E-state index contributed by atoms with van der Waals surface area (Å²) in [5.41, 5.74) is 0.725. The standard InChI is InChI=1S/C13H12O5S2/c14-11(15)7-19-10(9-4-2-1-3-5-9)6-13(18)20-8-12(16)17/h1-6H,7-8H2,(H,14,15)(H,16,17)/b10-6-. The van der Waals surface area contributed by atoms with Gasteiger partial charge in [-0.25, -0.2) is 0 Å². The Morgan fingerprint density at radius 3 is 2.05 bits per heavy atom. The molecule has 0 amide bonds. The van der Waals surface area contributed by atoms with Crippen molar-refractivity contribution in [2.24, 2.45) is 0 Å². The number of carboxylic acids is 2. The van der Waals surface area contributed by atoms with E-state index in [1.807, 2.05) is 6.07 Å². The second kappa shape index (κ2) is 8.44. The molecule has 1 aromatic carbocycles. The van der Waals surface area contributed by atoms with Gasteiger partial charge in [0.25, 0.3) is 0 Å². The van der Waals surface area contributed by atoms with Crippen LogP contribution in [0.4, 0.5) is 0 Å². The maximum absolute atomic E-state index is 11.6. The van der Waals surface area contributed by atoms with Crippen molar-refractivity contribution in [1.82, 2.24) is 0 Å². The Kier molecular flexibility index (Phi) is 6.89. The molecule has 0 heterocycles. The molecule has 0 bridgehead atoms. The van der Waals surface area contributed by atoms with Crippen LogP contribution in [0.5, 0.6) is 0 Å². The van der Waals surface area contributed by atoms with Crippen LogP contribution in [0.1, 0.15) is 5.56 Å². The Hall–Kier alpha value is -1.73. The number of carbonyl (C=O) groups excluding carboxylic acids is 1. The molecule has 0 radical (unpaired) electrons. The molecule has 0 fully saturated rings. The van der Waals surface area contributed by atoms with Crippen LogP contribution >= 0.6 is 23.5 Å². The SMILES string of the molecule is O=C(O)CSC(=O)/C=C(\SCC(=O)O)c1ccccc1. The fraction of sp³-hybridized carbons (Fsp3) is 0.154. The predicted octanol–water partition coefficient (Wildman–Crippen LogP) is 2.19. The number of benzene rings is 1. The molecule has 0 aliphatic rings. The molecule has 20 heavy (non-hydrogen) atoms. The highest BCUT2D eigenvalue weighted by molar-refractivity contribution is 8.14. The first-order valence-electron chi connectivity index (χ1n) is 5.49. The molecule has 0 saturated carbocycles. The smallest absolute Gasteiger partial charge is 0.313 e. The highest BCUT2D eigenvalue weighted by Gasteiger charge is 2.10. The maximum Gasteiger partial charge on any atom is 0.313 e. The molecule has 106 valence electrons. The van der Waals surface area contributed by atoms with Crippen LogP contribution in [-0.4, -0.2) is 38.8 Å². The summed E-state index contributed by atoms with van der Waals surface area (Å²) >= 11 is 1.69. The first-order valence-corrected chi connectivity index (χ1v) is 7.46. The third-order valence-electron chi connectivity index (χ3n) is 2.00. The Morgan fingerprint density at radius 2 is 1.50 bits per heavy atom. The van der Waals surface area contributed by atoms with Crippen molar-refractivity contribution in [3.63, 3.8) is 0 Å². The monoisotopic (exact) mass is 312 g/mol. The molecule has 0 saturated heterocycles. The minimum absolute atomic E-state index is 0.169. The third-order valence-corrected chi connectivity index (χ3v) is 3.85. The average Bonchev–Trinajstić information content (AvgIpc) is 2.42. The summed E-state index contributed by atoms with van der Waals surface area (Å²) in [5.74, 6) is -2.54. The van der Waals surface area contributed by atoms with Crippen molar-refractivity contribution in [3.05, 3.63) is 42.0 Å². The van der Waals surface area contributed by atoms with E-state index in [1.165, 1.54) is 6.08 Å². The summed E-state index contributed by atoms with van der Waals surface area (Å²) in [5, 5.41) is 16.8. The number of carbonyl (C=O) groups is 3. The van der Waals surface area contributed by atoms with E-state index in [1.54, 1.807) is 24.3 Å². The normalized spacial score (nSPS) is 11.1. The Morgan fingerprint density at radius 1 is 0.950 bits per heavy atom. The highest BCUT2D eigenvalue weighted by Crippen LogP contribution is 2.28. The predicted molar refractivity (Wildman–Crippen MR) is 79.6 cm³/mol. The van der Waals surface area contributed by atoms with Gasteiger partial charge in [0.05, 0.1) is 11.5 Å². The zero-order valence-electron chi connectivity index (χ0n) is 10.3. The van der Waals surface area contributed by atoms with Gasteiger partial charge in [-0.2, -0.15) is 0 Å². The second-order valence-corrected chi connectivity index (χ2v) is 5.56. The van der Waals surface area contributed by atoms with Crippen molar-refractivity contribution >= 4 is 45.5 Å². The van der Waals surface area contributed by atoms with Crippen molar-refractivity contribution in [1.29, 1.82) is 0 Å². The lowest BCUT2D eigenvalue weighted by atomic mass is 10.2. The van der Waals surface area contributed by atoms with E-state index in [0.29, 0.717) is 16.7 Å². The van der Waals surface area contributed by atoms with E-state index in [4.69, 9.17) is 10.2 Å². The minimum Gasteiger partial charge on any atom is -0.481 e. The minimum atomic E-state index is -1.07. The van der Waals surface area contributed by atoms with Crippen molar-refractivity contribution < 1.29 is 24.6 Å². The van der Waals surface area contributed by atoms with Crippen molar-refractivity contribution in [3.8, 4) is 0 Å². The summed E-state index contributed by atoms with van der Waals surface area (Å²) in [6, 6.07) is 8.88. The first kappa shape index (κ1) is 16.3. The number of carboxylic acid groups (broad SMARTS) is 2. The summed E-state index contributed by atoms with van der Waals surface area (Å²) in [6.07, 6.45) is 1.27. The van der Waals surface area contributed by atoms with E-state index in [0.717, 1.165) is 17.3 Å². The highest BCUT2D eigenvalue weighted by atomic mass is 32.2. The molecule has 2 N–H and O–H groups in total. The maximum atomic E-state index is 11.6. The molecule has 0 aliphatic heterocycles. The number of aliphatic carboxylic acids is 2. The van der Waals surface area contributed by atoms with E-state index in [2.05, 4.69) is 0 Å². The van der Waals surface area contributed by atoms with Crippen LogP contribution in [0.25, 0.3) is 4.91 Å². The molecular weight excluding hydrogens is 300 g/mol. The van der Waals surface area contributed by atoms with Crippen molar-refractivity contribution in [2.45, 2.75) is 0 Å². The van der Waals surface area contributed by atoms with E-state index >= 15 is 0 Å². The van der Waals surface area contributed by atoms with Gasteiger partial charge in [-0.05, 0) is 5.56 Å². The zero-order valence-corrected chi connectivity index (χ0v) is 11.9. The van der Waals surface area contributed by atoms with Crippen LogP contribution in [0.15, 0.2) is 36.4 Å². The number of rotatable bonds is 7. The largest absolute Gasteiger partial charge is 0.481 e. The molecule has 7 heteroatoms. The van der Waals surface area contributed by atoms with Gasteiger partial charge in [-0.3, -0.25) is 14.4 Å². The number of hydrogen-bond donors (Lipinski definition) is 2. The third kappa shape index (κ3) is 6.44. The first-order chi connectivity index (χ1) is 9.49. The van der Waals surface area contributed by atoms with Gasteiger partial charge in [0.2, 0.25) is 5.12 Å². The van der Waals surface area contributed by atoms with Crippen LogP contribution in [-0.2, 0) is 14.4 Å². The van der Waals surface area contributed by atoms with E-state index in [9.17, 15) is 14.4 Å². The molecule has 0 aromatic heterocycles. The molecular formula is C13H12O5S2. The van der Waals surface area contributed by atoms with Gasteiger partial charge in [-0.1, -0.05) is 42.1 Å². The molecule has 0 aliphatic carbocycles. The number of thioether (sulfide) groups is 2. The van der Waals surface area contributed by atoms with Gasteiger partial charge < -0.3 is 10.2 Å². The lowest BCUT2D eigenvalue weighted by molar-refractivity contribution is -0.135. The van der Waals surface area contributed by atoms with Gasteiger partial charge >= 0.3 is 11.9 Å². The van der Waals surface area contributed by atoms with Crippen LogP contribution in [0.3, 0.4) is 0 Å². The topological polar surface area (TPSA) is 91.7 Å². The second-order valence-electron chi connectivity index (χ2n) is 3.56. The molecule has 0 unspecified atom stereocenters.